The van der Waals surface area contributed by atoms with E-state index in [-0.39, 0.29) is 12.2 Å². The highest BCUT2D eigenvalue weighted by molar-refractivity contribution is 7.92. The van der Waals surface area contributed by atoms with E-state index in [2.05, 4.69) is 0 Å². The third-order valence-electron chi connectivity index (χ3n) is 3.28. The number of rotatable bonds is 5. The Morgan fingerprint density at radius 3 is 2.38 bits per heavy atom. The van der Waals surface area contributed by atoms with Gasteiger partial charge in [0.15, 0.2) is 5.56 Å². The topological polar surface area (TPSA) is 104 Å². The molecule has 0 saturated heterocycles. The standard InChI is InChI=1S/C15H12FN3O4S/c1-2-18(12-8-6-11(16)7-9-12)24(22,23)15-5-3-4-14(19(20)21)13(15)10-17/h3-9H,2H2,1H3. The monoisotopic (exact) mass is 349 g/mol. The fourth-order valence-electron chi connectivity index (χ4n) is 2.22. The van der Waals surface area contributed by atoms with Gasteiger partial charge in [-0.15, -0.1) is 0 Å². The summed E-state index contributed by atoms with van der Waals surface area (Å²) in [6, 6.07) is 9.74. The van der Waals surface area contributed by atoms with Crippen LogP contribution in [0.4, 0.5) is 15.8 Å². The molecule has 2 rings (SSSR count). The van der Waals surface area contributed by atoms with Crippen molar-refractivity contribution in [3.8, 4) is 6.07 Å². The average Bonchev–Trinajstić information content (AvgIpc) is 2.56. The Morgan fingerprint density at radius 1 is 1.25 bits per heavy atom. The van der Waals surface area contributed by atoms with Crippen LogP contribution < -0.4 is 4.31 Å². The van der Waals surface area contributed by atoms with Crippen molar-refractivity contribution in [2.75, 3.05) is 10.8 Å². The molecule has 0 aliphatic rings. The van der Waals surface area contributed by atoms with Gasteiger partial charge in [0.05, 0.1) is 10.6 Å². The Morgan fingerprint density at radius 2 is 1.88 bits per heavy atom. The third-order valence-corrected chi connectivity index (χ3v) is 5.23. The minimum atomic E-state index is -4.23. The summed E-state index contributed by atoms with van der Waals surface area (Å²) < 4.78 is 39.7. The summed E-state index contributed by atoms with van der Waals surface area (Å²) in [7, 11) is -4.23. The molecule has 0 amide bonds. The lowest BCUT2D eigenvalue weighted by atomic mass is 10.2. The van der Waals surface area contributed by atoms with E-state index in [0.717, 1.165) is 28.6 Å². The van der Waals surface area contributed by atoms with Crippen molar-refractivity contribution in [1.29, 1.82) is 5.26 Å². The van der Waals surface area contributed by atoms with Crippen molar-refractivity contribution in [2.45, 2.75) is 11.8 Å². The van der Waals surface area contributed by atoms with Crippen LogP contribution in [0, 0.1) is 27.3 Å². The number of nitro benzene ring substituents is 1. The zero-order chi connectivity index (χ0) is 17.9. The van der Waals surface area contributed by atoms with Gasteiger partial charge in [0, 0.05) is 12.6 Å². The molecule has 0 atom stereocenters. The zero-order valence-electron chi connectivity index (χ0n) is 12.5. The van der Waals surface area contributed by atoms with Crippen molar-refractivity contribution in [3.63, 3.8) is 0 Å². The fraction of sp³-hybridized carbons (Fsp3) is 0.133. The predicted octanol–water partition coefficient (Wildman–Crippen LogP) is 2.82. The van der Waals surface area contributed by atoms with Crippen LogP contribution in [0.3, 0.4) is 0 Å². The number of nitro groups is 1. The summed E-state index contributed by atoms with van der Waals surface area (Å²) in [6.07, 6.45) is 0. The lowest BCUT2D eigenvalue weighted by Crippen LogP contribution is -2.31. The molecule has 0 aliphatic heterocycles. The number of hydrogen-bond acceptors (Lipinski definition) is 5. The highest BCUT2D eigenvalue weighted by Gasteiger charge is 2.30. The van der Waals surface area contributed by atoms with Gasteiger partial charge in [-0.05, 0) is 37.3 Å². The zero-order valence-corrected chi connectivity index (χ0v) is 13.3. The van der Waals surface area contributed by atoms with Crippen LogP contribution in [0.1, 0.15) is 12.5 Å². The average molecular weight is 349 g/mol. The van der Waals surface area contributed by atoms with Crippen LogP contribution in [-0.4, -0.2) is 19.9 Å². The van der Waals surface area contributed by atoms with Crippen LogP contribution in [0.2, 0.25) is 0 Å². The molecule has 0 unspecified atom stereocenters. The van der Waals surface area contributed by atoms with Gasteiger partial charge in [-0.1, -0.05) is 6.07 Å². The van der Waals surface area contributed by atoms with Crippen molar-refractivity contribution in [2.24, 2.45) is 0 Å². The van der Waals surface area contributed by atoms with Crippen LogP contribution >= 0.6 is 0 Å². The smallest absolute Gasteiger partial charge is 0.267 e. The third kappa shape index (κ3) is 3.04. The molecule has 0 fully saturated rings. The first-order valence-electron chi connectivity index (χ1n) is 6.78. The molecule has 0 heterocycles. The van der Waals surface area contributed by atoms with Gasteiger partial charge in [0.2, 0.25) is 0 Å². The van der Waals surface area contributed by atoms with Crippen LogP contribution in [0.5, 0.6) is 0 Å². The minimum absolute atomic E-state index is 0.00151. The number of nitrogens with zero attached hydrogens (tertiary/aromatic N) is 3. The number of anilines is 1. The second kappa shape index (κ2) is 6.64. The molecule has 0 N–H and O–H groups in total. The number of nitriles is 1. The fourth-order valence-corrected chi connectivity index (χ4v) is 3.85. The van der Waals surface area contributed by atoms with E-state index in [1.165, 1.54) is 18.2 Å². The van der Waals surface area contributed by atoms with E-state index in [1.54, 1.807) is 13.0 Å². The first-order valence-corrected chi connectivity index (χ1v) is 8.22. The van der Waals surface area contributed by atoms with Gasteiger partial charge in [0.1, 0.15) is 16.8 Å². The number of hydrogen-bond donors (Lipinski definition) is 0. The van der Waals surface area contributed by atoms with Crippen molar-refractivity contribution < 1.29 is 17.7 Å². The summed E-state index contributed by atoms with van der Waals surface area (Å²) in [4.78, 5) is 9.73. The maximum atomic E-state index is 13.0. The molecule has 2 aromatic carbocycles. The molecule has 0 bridgehead atoms. The lowest BCUT2D eigenvalue weighted by Gasteiger charge is -2.23. The maximum absolute atomic E-state index is 13.0. The molecule has 0 aliphatic carbocycles. The predicted molar refractivity (Wildman–Crippen MR) is 84.4 cm³/mol. The van der Waals surface area contributed by atoms with E-state index in [4.69, 9.17) is 0 Å². The van der Waals surface area contributed by atoms with Gasteiger partial charge in [-0.2, -0.15) is 5.26 Å². The van der Waals surface area contributed by atoms with Crippen molar-refractivity contribution >= 4 is 21.4 Å². The number of halogens is 1. The van der Waals surface area contributed by atoms with Crippen LogP contribution in [0.15, 0.2) is 47.4 Å². The summed E-state index contributed by atoms with van der Waals surface area (Å²) in [5.41, 5.74) is -0.939. The van der Waals surface area contributed by atoms with Gasteiger partial charge in [-0.3, -0.25) is 14.4 Å². The molecular formula is C15H12FN3O4S. The molecule has 2 aromatic rings. The molecule has 0 aromatic heterocycles. The quantitative estimate of drug-likeness (QED) is 0.610. The molecule has 124 valence electrons. The second-order valence-electron chi connectivity index (χ2n) is 4.67. The Hall–Kier alpha value is -2.99. The first kappa shape index (κ1) is 17.4. The molecule has 24 heavy (non-hydrogen) atoms. The van der Waals surface area contributed by atoms with Crippen LogP contribution in [0.25, 0.3) is 0 Å². The van der Waals surface area contributed by atoms with E-state index < -0.39 is 36.9 Å². The van der Waals surface area contributed by atoms with Crippen molar-refractivity contribution in [3.05, 3.63) is 64.0 Å². The van der Waals surface area contributed by atoms with E-state index in [9.17, 15) is 28.2 Å². The summed E-state index contributed by atoms with van der Waals surface area (Å²) in [6.45, 7) is 1.56. The van der Waals surface area contributed by atoms with E-state index in [1.807, 2.05) is 0 Å². The molecule has 0 saturated carbocycles. The molecule has 9 heteroatoms. The Balaban J connectivity index is 2.65. The first-order chi connectivity index (χ1) is 11.3. The Bertz CT molecular complexity index is 921. The highest BCUT2D eigenvalue weighted by Crippen LogP contribution is 2.30. The Kier molecular flexibility index (Phi) is 4.80. The van der Waals surface area contributed by atoms with Gasteiger partial charge in [-0.25, -0.2) is 12.8 Å². The maximum Gasteiger partial charge on any atom is 0.288 e. The van der Waals surface area contributed by atoms with E-state index >= 15 is 0 Å². The summed E-state index contributed by atoms with van der Waals surface area (Å²) in [5, 5.41) is 20.2. The summed E-state index contributed by atoms with van der Waals surface area (Å²) in [5.74, 6) is -0.528. The van der Waals surface area contributed by atoms with Crippen molar-refractivity contribution in [1.82, 2.24) is 0 Å². The van der Waals surface area contributed by atoms with Gasteiger partial charge < -0.3 is 0 Å². The molecule has 7 nitrogen and oxygen atoms in total. The largest absolute Gasteiger partial charge is 0.288 e. The molecule has 0 radical (unpaired) electrons. The van der Waals surface area contributed by atoms with Crippen LogP contribution in [-0.2, 0) is 10.0 Å². The molecular weight excluding hydrogens is 337 g/mol. The number of benzene rings is 2. The van der Waals surface area contributed by atoms with Gasteiger partial charge in [0.25, 0.3) is 15.7 Å². The minimum Gasteiger partial charge on any atom is -0.267 e. The molecule has 0 spiro atoms. The second-order valence-corrected chi connectivity index (χ2v) is 6.50. The Labute approximate surface area is 137 Å². The van der Waals surface area contributed by atoms with Gasteiger partial charge >= 0.3 is 0 Å². The SMILES string of the molecule is CCN(c1ccc(F)cc1)S(=O)(=O)c1cccc([N+](=O)[O-])c1C#N. The number of sulfonamides is 1. The lowest BCUT2D eigenvalue weighted by molar-refractivity contribution is -0.385. The summed E-state index contributed by atoms with van der Waals surface area (Å²) >= 11 is 0. The highest BCUT2D eigenvalue weighted by atomic mass is 32.2. The normalized spacial score (nSPS) is 10.9. The van der Waals surface area contributed by atoms with E-state index in [0.29, 0.717) is 0 Å².